The summed E-state index contributed by atoms with van der Waals surface area (Å²) < 4.78 is 0. The Balaban J connectivity index is 2.19. The monoisotopic (exact) mass is 669 g/mol. The minimum absolute atomic E-state index is 0.638. The molecule has 0 aliphatic carbocycles. The van der Waals surface area contributed by atoms with Gasteiger partial charge in [-0.1, -0.05) is 123 Å². The van der Waals surface area contributed by atoms with Gasteiger partial charge < -0.3 is 0 Å². The molecule has 0 bridgehead atoms. The summed E-state index contributed by atoms with van der Waals surface area (Å²) in [4.78, 5) is 9.81. The van der Waals surface area contributed by atoms with Crippen LogP contribution in [0.5, 0.6) is 0 Å². The molecule has 2 nitrogen and oxygen atoms in total. The first-order chi connectivity index (χ1) is 21.5. The molecule has 262 valence electrons. The van der Waals surface area contributed by atoms with Gasteiger partial charge in [-0.3, -0.25) is 9.97 Å². The van der Waals surface area contributed by atoms with Gasteiger partial charge in [0.15, 0.2) is 0 Å². The average molecular weight is 669 g/mol. The molecule has 2 rings (SSSR count). The average Bonchev–Trinajstić information content (AvgIpc) is 2.93. The van der Waals surface area contributed by atoms with Crippen LogP contribution in [0.25, 0.3) is 11.4 Å². The van der Waals surface area contributed by atoms with Crippen molar-refractivity contribution in [1.29, 1.82) is 0 Å². The highest BCUT2D eigenvalue weighted by molar-refractivity contribution is 7.99. The van der Waals surface area contributed by atoms with Crippen molar-refractivity contribution in [2.75, 3.05) is 0 Å². The van der Waals surface area contributed by atoms with Crippen molar-refractivity contribution in [2.45, 2.75) is 133 Å². The van der Waals surface area contributed by atoms with Crippen molar-refractivity contribution in [3.8, 4) is 11.4 Å². The van der Waals surface area contributed by atoms with Crippen molar-refractivity contribution in [2.24, 2.45) is 71.0 Å². The first-order valence-corrected chi connectivity index (χ1v) is 20.7. The predicted octanol–water partition coefficient (Wildman–Crippen LogP) is 13.1. The second-order valence-electron chi connectivity index (χ2n) is 16.9. The first-order valence-electron chi connectivity index (χ1n) is 18.6. The van der Waals surface area contributed by atoms with E-state index in [0.717, 1.165) is 22.9 Å². The van der Waals surface area contributed by atoms with Gasteiger partial charge in [0.25, 0.3) is 0 Å². The van der Waals surface area contributed by atoms with Gasteiger partial charge in [-0.2, -0.15) is 23.5 Å². The molecule has 0 N–H and O–H groups in total. The Hall–Kier alpha value is -1.00. The summed E-state index contributed by atoms with van der Waals surface area (Å²) in [5.41, 5.74) is 4.55. The molecule has 0 aliphatic rings. The minimum Gasteiger partial charge on any atom is -0.254 e. The van der Waals surface area contributed by atoms with E-state index in [9.17, 15) is 0 Å². The standard InChI is InChI=1S/C42H72N2S2/c1-25(2)37(26(3)4)41(38(27(5)6)28(7)8)45-23-33-17-19-35(43-21-33)36-20-18-34(22-44-36)24-46-42(39(29(9)10)30(11)12)40(31(13)14)32(15)16/h17-22,25-32,37-42H,23-24H2,1-16H3. The maximum Gasteiger partial charge on any atom is 0.0886 e. The molecule has 46 heavy (non-hydrogen) atoms. The Morgan fingerprint density at radius 2 is 0.630 bits per heavy atom. The maximum absolute atomic E-state index is 4.90. The third-order valence-corrected chi connectivity index (χ3v) is 13.5. The molecular formula is C42H72N2S2. The molecule has 0 radical (unpaired) electrons. The van der Waals surface area contributed by atoms with Gasteiger partial charge in [0.2, 0.25) is 0 Å². The van der Waals surface area contributed by atoms with E-state index in [1.807, 2.05) is 0 Å². The molecule has 2 aromatic heterocycles. The van der Waals surface area contributed by atoms with Crippen LogP contribution in [0.1, 0.15) is 122 Å². The molecule has 0 unspecified atom stereocenters. The number of nitrogens with zero attached hydrogens (tertiary/aromatic N) is 2. The van der Waals surface area contributed by atoms with E-state index in [0.29, 0.717) is 81.5 Å². The molecular weight excluding hydrogens is 597 g/mol. The topological polar surface area (TPSA) is 25.8 Å². The van der Waals surface area contributed by atoms with Crippen LogP contribution in [0, 0.1) is 71.0 Å². The summed E-state index contributed by atoms with van der Waals surface area (Å²) in [6.45, 7) is 38.7. The van der Waals surface area contributed by atoms with Gasteiger partial charge in [-0.05, 0) is 94.3 Å². The second kappa shape index (κ2) is 19.3. The second-order valence-corrected chi connectivity index (χ2v) is 19.2. The molecule has 0 saturated carbocycles. The lowest BCUT2D eigenvalue weighted by Crippen LogP contribution is -2.38. The minimum atomic E-state index is 0.638. The molecule has 4 heteroatoms. The van der Waals surface area contributed by atoms with Crippen LogP contribution in [0.4, 0.5) is 0 Å². The number of hydrogen-bond donors (Lipinski definition) is 0. The van der Waals surface area contributed by atoms with Crippen molar-refractivity contribution in [1.82, 2.24) is 9.97 Å². The number of hydrogen-bond acceptors (Lipinski definition) is 4. The third-order valence-electron chi connectivity index (χ3n) is 10.5. The highest BCUT2D eigenvalue weighted by Gasteiger charge is 2.38. The molecule has 0 fully saturated rings. The molecule has 0 amide bonds. The van der Waals surface area contributed by atoms with Gasteiger partial charge in [0, 0.05) is 34.4 Å². The van der Waals surface area contributed by atoms with Crippen LogP contribution in [0.3, 0.4) is 0 Å². The smallest absolute Gasteiger partial charge is 0.0886 e. The van der Waals surface area contributed by atoms with Crippen LogP contribution in [0.15, 0.2) is 36.7 Å². The van der Waals surface area contributed by atoms with Gasteiger partial charge in [-0.25, -0.2) is 0 Å². The number of rotatable bonds is 19. The quantitative estimate of drug-likeness (QED) is 0.149. The van der Waals surface area contributed by atoms with E-state index in [2.05, 4.69) is 171 Å². The molecule has 2 aromatic rings. The SMILES string of the molecule is CC(C)C(C(C)C)C(SCc1ccc(-c2ccc(CSC(C(C(C)C)C(C)C)C(C(C)C)C(C)C)cn2)nc1)C(C(C)C)C(C)C. The Morgan fingerprint density at radius 1 is 0.391 bits per heavy atom. The molecule has 0 atom stereocenters. The molecule has 0 aromatic carbocycles. The Kier molecular flexibility index (Phi) is 17.2. The van der Waals surface area contributed by atoms with Crippen LogP contribution >= 0.6 is 23.5 Å². The predicted molar refractivity (Wildman–Crippen MR) is 210 cm³/mol. The Bertz CT molecular complexity index is 940. The summed E-state index contributed by atoms with van der Waals surface area (Å²) in [6, 6.07) is 8.90. The number of thioether (sulfide) groups is 2. The summed E-state index contributed by atoms with van der Waals surface area (Å²) in [5.74, 6) is 10.2. The Morgan fingerprint density at radius 3 is 0.804 bits per heavy atom. The lowest BCUT2D eigenvalue weighted by atomic mass is 9.72. The van der Waals surface area contributed by atoms with Crippen LogP contribution < -0.4 is 0 Å². The summed E-state index contributed by atoms with van der Waals surface area (Å²) in [5, 5.41) is 1.28. The fraction of sp³-hybridized carbons (Fsp3) is 0.762. The first kappa shape index (κ1) is 41.2. The van der Waals surface area contributed by atoms with Crippen LogP contribution in [-0.4, -0.2) is 20.5 Å². The van der Waals surface area contributed by atoms with Crippen molar-refractivity contribution in [3.05, 3.63) is 47.8 Å². The Labute approximate surface area is 295 Å². The van der Waals surface area contributed by atoms with Crippen molar-refractivity contribution >= 4 is 23.5 Å². The highest BCUT2D eigenvalue weighted by Crippen LogP contribution is 2.44. The van der Waals surface area contributed by atoms with Crippen LogP contribution in [0.2, 0.25) is 0 Å². The fourth-order valence-electron chi connectivity index (χ4n) is 8.78. The molecule has 0 saturated heterocycles. The van der Waals surface area contributed by atoms with Gasteiger partial charge in [-0.15, -0.1) is 0 Å². The maximum atomic E-state index is 4.90. The van der Waals surface area contributed by atoms with E-state index in [4.69, 9.17) is 9.97 Å². The van der Waals surface area contributed by atoms with Gasteiger partial charge in [0.05, 0.1) is 11.4 Å². The van der Waals surface area contributed by atoms with E-state index in [1.165, 1.54) is 11.1 Å². The van der Waals surface area contributed by atoms with Crippen LogP contribution in [-0.2, 0) is 11.5 Å². The molecule has 0 spiro atoms. The lowest BCUT2D eigenvalue weighted by molar-refractivity contribution is 0.176. The van der Waals surface area contributed by atoms with Crippen molar-refractivity contribution < 1.29 is 0 Å². The van der Waals surface area contributed by atoms with Gasteiger partial charge in [0.1, 0.15) is 0 Å². The zero-order valence-electron chi connectivity index (χ0n) is 32.7. The summed E-state index contributed by atoms with van der Waals surface area (Å²) in [7, 11) is 0. The van der Waals surface area contributed by atoms with E-state index >= 15 is 0 Å². The van der Waals surface area contributed by atoms with Crippen molar-refractivity contribution in [3.63, 3.8) is 0 Å². The zero-order chi connectivity index (χ0) is 34.9. The van der Waals surface area contributed by atoms with E-state index < -0.39 is 0 Å². The normalized spacial score (nSPS) is 13.3. The van der Waals surface area contributed by atoms with E-state index in [-0.39, 0.29) is 0 Å². The highest BCUT2D eigenvalue weighted by atomic mass is 32.2. The lowest BCUT2D eigenvalue weighted by Gasteiger charge is -2.42. The largest absolute Gasteiger partial charge is 0.254 e. The summed E-state index contributed by atoms with van der Waals surface area (Å²) >= 11 is 4.34. The third kappa shape index (κ3) is 11.6. The number of aromatic nitrogens is 2. The van der Waals surface area contributed by atoms with E-state index in [1.54, 1.807) is 0 Å². The zero-order valence-corrected chi connectivity index (χ0v) is 34.3. The molecule has 2 heterocycles. The summed E-state index contributed by atoms with van der Waals surface area (Å²) in [6.07, 6.45) is 4.18. The fourth-order valence-corrected chi connectivity index (χ4v) is 13.3. The number of pyridine rings is 2. The van der Waals surface area contributed by atoms with Gasteiger partial charge >= 0.3 is 0 Å². The molecule has 0 aliphatic heterocycles.